The lowest BCUT2D eigenvalue weighted by Gasteiger charge is -2.24. The average molecular weight is 400 g/mol. The second-order valence-electron chi connectivity index (χ2n) is 7.71. The fourth-order valence-electron chi connectivity index (χ4n) is 4.19. The Morgan fingerprint density at radius 3 is 2.80 bits per heavy atom. The van der Waals surface area contributed by atoms with Crippen LogP contribution in [0.2, 0.25) is 0 Å². The molecule has 30 heavy (non-hydrogen) atoms. The van der Waals surface area contributed by atoms with Crippen molar-refractivity contribution in [2.24, 2.45) is 0 Å². The summed E-state index contributed by atoms with van der Waals surface area (Å²) >= 11 is 0. The van der Waals surface area contributed by atoms with Crippen LogP contribution in [0.4, 0.5) is 0 Å². The zero-order valence-electron chi connectivity index (χ0n) is 16.8. The fourth-order valence-corrected chi connectivity index (χ4v) is 4.19. The molecular weight excluding hydrogens is 376 g/mol. The molecule has 1 fully saturated rings. The molecule has 0 spiro atoms. The molecule has 5 heteroatoms. The highest BCUT2D eigenvalue weighted by Gasteiger charge is 2.29. The first kappa shape index (κ1) is 18.7. The van der Waals surface area contributed by atoms with E-state index in [0.717, 1.165) is 59.5 Å². The van der Waals surface area contributed by atoms with Crippen LogP contribution >= 0.6 is 0 Å². The van der Waals surface area contributed by atoms with Gasteiger partial charge in [0.1, 0.15) is 0 Å². The van der Waals surface area contributed by atoms with E-state index in [1.54, 1.807) is 12.2 Å². The predicted octanol–water partition coefficient (Wildman–Crippen LogP) is 4.77. The van der Waals surface area contributed by atoms with E-state index >= 15 is 0 Å². The van der Waals surface area contributed by atoms with Crippen LogP contribution in [0.3, 0.4) is 0 Å². The highest BCUT2D eigenvalue weighted by Crippen LogP contribution is 2.38. The van der Waals surface area contributed by atoms with Gasteiger partial charge in [-0.3, -0.25) is 4.79 Å². The standard InChI is InChI=1S/C25H24N2O3/c28-25(13-11-20-10-8-18-5-1-2-6-21(18)26-20)27-14-3-7-22(27)19-9-12-23-24(17-19)30-16-4-15-29-23/h1-2,5-6,8-13,17,22H,3-4,7,14-16H2. The molecule has 2 aliphatic rings. The van der Waals surface area contributed by atoms with E-state index in [-0.39, 0.29) is 11.9 Å². The van der Waals surface area contributed by atoms with Crippen LogP contribution < -0.4 is 9.47 Å². The van der Waals surface area contributed by atoms with Crippen molar-refractivity contribution in [3.05, 3.63) is 71.9 Å². The Bertz CT molecular complexity index is 1110. The number of pyridine rings is 1. The van der Waals surface area contributed by atoms with Gasteiger partial charge in [0.25, 0.3) is 0 Å². The Labute approximate surface area is 175 Å². The highest BCUT2D eigenvalue weighted by molar-refractivity contribution is 5.92. The molecule has 3 heterocycles. The molecule has 2 aliphatic heterocycles. The zero-order valence-corrected chi connectivity index (χ0v) is 16.8. The molecule has 5 nitrogen and oxygen atoms in total. The van der Waals surface area contributed by atoms with E-state index in [4.69, 9.17) is 9.47 Å². The second-order valence-corrected chi connectivity index (χ2v) is 7.71. The van der Waals surface area contributed by atoms with E-state index in [0.29, 0.717) is 13.2 Å². The number of ether oxygens (including phenoxy) is 2. The number of hydrogen-bond acceptors (Lipinski definition) is 4. The Hall–Kier alpha value is -3.34. The Morgan fingerprint density at radius 1 is 1.00 bits per heavy atom. The number of fused-ring (bicyclic) bond motifs is 2. The number of carbonyl (C=O) groups is 1. The number of rotatable bonds is 3. The maximum absolute atomic E-state index is 13.0. The van der Waals surface area contributed by atoms with Gasteiger partial charge in [0.05, 0.1) is 30.5 Å². The van der Waals surface area contributed by atoms with Gasteiger partial charge < -0.3 is 14.4 Å². The minimum atomic E-state index is 0.0135. The average Bonchev–Trinajstić information content (AvgIpc) is 3.16. The normalized spacial score (nSPS) is 18.7. The summed E-state index contributed by atoms with van der Waals surface area (Å²) in [6, 6.07) is 18.1. The van der Waals surface area contributed by atoms with Crippen molar-refractivity contribution >= 4 is 22.9 Å². The Balaban J connectivity index is 1.34. The molecule has 1 atom stereocenters. The van der Waals surface area contributed by atoms with Gasteiger partial charge in [-0.05, 0) is 48.7 Å². The van der Waals surface area contributed by atoms with Crippen molar-refractivity contribution in [2.75, 3.05) is 19.8 Å². The van der Waals surface area contributed by atoms with Gasteiger partial charge in [0.2, 0.25) is 5.91 Å². The van der Waals surface area contributed by atoms with E-state index < -0.39 is 0 Å². The molecule has 1 unspecified atom stereocenters. The third kappa shape index (κ3) is 3.75. The fraction of sp³-hybridized carbons (Fsp3) is 0.280. The first-order valence-corrected chi connectivity index (χ1v) is 10.5. The van der Waals surface area contributed by atoms with Crippen molar-refractivity contribution < 1.29 is 14.3 Å². The summed E-state index contributed by atoms with van der Waals surface area (Å²) in [5.41, 5.74) is 2.81. The van der Waals surface area contributed by atoms with Gasteiger partial charge in [-0.1, -0.05) is 30.3 Å². The molecule has 152 valence electrons. The molecular formula is C25H24N2O3. The van der Waals surface area contributed by atoms with Gasteiger partial charge in [-0.25, -0.2) is 4.98 Å². The van der Waals surface area contributed by atoms with Crippen LogP contribution in [0.5, 0.6) is 11.5 Å². The van der Waals surface area contributed by atoms with Gasteiger partial charge in [0.15, 0.2) is 11.5 Å². The lowest BCUT2D eigenvalue weighted by atomic mass is 10.0. The number of aromatic nitrogens is 1. The zero-order chi connectivity index (χ0) is 20.3. The number of amides is 1. The van der Waals surface area contributed by atoms with E-state index in [9.17, 15) is 4.79 Å². The van der Waals surface area contributed by atoms with Gasteiger partial charge >= 0.3 is 0 Å². The molecule has 0 N–H and O–H groups in total. The second kappa shape index (κ2) is 8.19. The molecule has 1 amide bonds. The minimum Gasteiger partial charge on any atom is -0.490 e. The quantitative estimate of drug-likeness (QED) is 0.594. The third-order valence-electron chi connectivity index (χ3n) is 5.71. The molecule has 5 rings (SSSR count). The maximum Gasteiger partial charge on any atom is 0.247 e. The molecule has 3 aromatic rings. The van der Waals surface area contributed by atoms with Crippen LogP contribution in [0.25, 0.3) is 17.0 Å². The monoisotopic (exact) mass is 400 g/mol. The molecule has 0 saturated carbocycles. The predicted molar refractivity (Wildman–Crippen MR) is 117 cm³/mol. The van der Waals surface area contributed by atoms with Crippen molar-refractivity contribution in [3.8, 4) is 11.5 Å². The van der Waals surface area contributed by atoms with Crippen LogP contribution in [0.15, 0.2) is 60.7 Å². The topological polar surface area (TPSA) is 51.7 Å². The summed E-state index contributed by atoms with van der Waals surface area (Å²) in [6.45, 7) is 2.09. The van der Waals surface area contributed by atoms with Crippen LogP contribution in [-0.2, 0) is 4.79 Å². The number of likely N-dealkylation sites (tertiary alicyclic amines) is 1. The SMILES string of the molecule is O=C(C=Cc1ccc2ccccc2n1)N1CCCC1c1ccc2c(c1)OCCCO2. The summed E-state index contributed by atoms with van der Waals surface area (Å²) in [5.74, 6) is 1.58. The number of nitrogens with zero attached hydrogens (tertiary/aromatic N) is 2. The summed E-state index contributed by atoms with van der Waals surface area (Å²) in [5, 5.41) is 1.09. The first-order valence-electron chi connectivity index (χ1n) is 10.5. The molecule has 0 bridgehead atoms. The number of carbonyl (C=O) groups excluding carboxylic acids is 1. The summed E-state index contributed by atoms with van der Waals surface area (Å²) in [7, 11) is 0. The largest absolute Gasteiger partial charge is 0.490 e. The van der Waals surface area contributed by atoms with E-state index in [1.807, 2.05) is 53.4 Å². The molecule has 2 aromatic carbocycles. The third-order valence-corrected chi connectivity index (χ3v) is 5.71. The van der Waals surface area contributed by atoms with Crippen LogP contribution in [0, 0.1) is 0 Å². The number of benzene rings is 2. The van der Waals surface area contributed by atoms with Crippen molar-refractivity contribution in [1.29, 1.82) is 0 Å². The van der Waals surface area contributed by atoms with E-state index in [1.165, 1.54) is 0 Å². The Kier molecular flexibility index (Phi) is 5.10. The van der Waals surface area contributed by atoms with Gasteiger partial charge in [0, 0.05) is 24.4 Å². The van der Waals surface area contributed by atoms with E-state index in [2.05, 4.69) is 11.1 Å². The van der Waals surface area contributed by atoms with Crippen LogP contribution in [-0.4, -0.2) is 35.5 Å². The smallest absolute Gasteiger partial charge is 0.247 e. The van der Waals surface area contributed by atoms with Crippen LogP contribution in [0.1, 0.15) is 36.6 Å². The summed E-state index contributed by atoms with van der Waals surface area (Å²) < 4.78 is 11.6. The first-order chi connectivity index (χ1) is 14.8. The molecule has 1 aromatic heterocycles. The Morgan fingerprint density at radius 2 is 1.87 bits per heavy atom. The minimum absolute atomic E-state index is 0.0135. The number of para-hydroxylation sites is 1. The lowest BCUT2D eigenvalue weighted by molar-refractivity contribution is -0.126. The summed E-state index contributed by atoms with van der Waals surface area (Å²) in [6.07, 6.45) is 6.27. The maximum atomic E-state index is 13.0. The number of hydrogen-bond donors (Lipinski definition) is 0. The molecule has 0 aliphatic carbocycles. The lowest BCUT2D eigenvalue weighted by Crippen LogP contribution is -2.28. The molecule has 0 radical (unpaired) electrons. The van der Waals surface area contributed by atoms with Crippen molar-refractivity contribution in [2.45, 2.75) is 25.3 Å². The van der Waals surface area contributed by atoms with Gasteiger partial charge in [-0.15, -0.1) is 0 Å². The molecule has 1 saturated heterocycles. The van der Waals surface area contributed by atoms with Gasteiger partial charge in [-0.2, -0.15) is 0 Å². The highest BCUT2D eigenvalue weighted by atomic mass is 16.5. The van der Waals surface area contributed by atoms with Crippen molar-refractivity contribution in [1.82, 2.24) is 9.88 Å². The van der Waals surface area contributed by atoms with Crippen molar-refractivity contribution in [3.63, 3.8) is 0 Å². The summed E-state index contributed by atoms with van der Waals surface area (Å²) in [4.78, 5) is 19.5.